The van der Waals surface area contributed by atoms with Gasteiger partial charge >= 0.3 is 5.97 Å². The van der Waals surface area contributed by atoms with Crippen LogP contribution in [-0.2, 0) is 9.47 Å². The smallest absolute Gasteiger partial charge is 0.338 e. The highest BCUT2D eigenvalue weighted by Gasteiger charge is 2.46. The van der Waals surface area contributed by atoms with Gasteiger partial charge in [0.15, 0.2) is 0 Å². The molecule has 1 aliphatic heterocycles. The molecule has 1 aromatic rings. The Morgan fingerprint density at radius 3 is 2.38 bits per heavy atom. The second kappa shape index (κ2) is 7.23. The third-order valence-corrected chi connectivity index (χ3v) is 11.0. The average Bonchev–Trinajstić information content (AvgIpc) is 2.99. The quantitative estimate of drug-likeness (QED) is 0.587. The summed E-state index contributed by atoms with van der Waals surface area (Å²) in [4.78, 5) is 12.3. The van der Waals surface area contributed by atoms with Gasteiger partial charge < -0.3 is 9.47 Å². The standard InChI is InChI=1S/C17H26O3Si/c1-4-21(5-2,6-3)17-15(12-13-19-17)20-16(18)14-10-8-7-9-11-14/h7-11,15,17H,4-6,12-13H2,1-3H3/t15-,17+/m0/s1. The molecule has 0 amide bonds. The molecule has 3 nitrogen and oxygen atoms in total. The molecule has 0 N–H and O–H groups in total. The van der Waals surface area contributed by atoms with E-state index in [0.717, 1.165) is 6.42 Å². The molecule has 116 valence electrons. The molecular formula is C17H26O3Si. The average molecular weight is 306 g/mol. The van der Waals surface area contributed by atoms with E-state index in [2.05, 4.69) is 20.8 Å². The first-order valence-corrected chi connectivity index (χ1v) is 10.7. The highest BCUT2D eigenvalue weighted by Crippen LogP contribution is 2.34. The second-order valence-corrected chi connectivity index (χ2v) is 11.2. The predicted octanol–water partition coefficient (Wildman–Crippen LogP) is 4.05. The molecule has 0 unspecified atom stereocenters. The van der Waals surface area contributed by atoms with Crippen molar-refractivity contribution in [1.82, 2.24) is 0 Å². The van der Waals surface area contributed by atoms with Crippen molar-refractivity contribution < 1.29 is 14.3 Å². The van der Waals surface area contributed by atoms with Crippen LogP contribution in [0.5, 0.6) is 0 Å². The molecule has 0 saturated carbocycles. The molecule has 0 aromatic heterocycles. The van der Waals surface area contributed by atoms with Crippen molar-refractivity contribution in [3.8, 4) is 0 Å². The summed E-state index contributed by atoms with van der Waals surface area (Å²) in [5.74, 6) is -0.220. The van der Waals surface area contributed by atoms with Crippen molar-refractivity contribution in [1.29, 1.82) is 0 Å². The Bertz CT molecular complexity index is 448. The number of carbonyl (C=O) groups is 1. The molecule has 1 aliphatic rings. The first-order chi connectivity index (χ1) is 10.2. The molecule has 0 aliphatic carbocycles. The van der Waals surface area contributed by atoms with Crippen LogP contribution in [0.15, 0.2) is 30.3 Å². The Morgan fingerprint density at radius 2 is 1.81 bits per heavy atom. The normalized spacial score (nSPS) is 22.2. The van der Waals surface area contributed by atoms with Crippen LogP contribution in [0.2, 0.25) is 18.1 Å². The Balaban J connectivity index is 2.10. The lowest BCUT2D eigenvalue weighted by molar-refractivity contribution is 0.0177. The van der Waals surface area contributed by atoms with Crippen molar-refractivity contribution in [2.45, 2.75) is 57.2 Å². The summed E-state index contributed by atoms with van der Waals surface area (Å²) in [6.07, 6.45) is 0.766. The summed E-state index contributed by atoms with van der Waals surface area (Å²) in [5.41, 5.74) is 0.782. The Kier molecular flexibility index (Phi) is 5.59. The molecular weight excluding hydrogens is 280 g/mol. The summed E-state index contributed by atoms with van der Waals surface area (Å²) < 4.78 is 11.8. The number of hydrogen-bond donors (Lipinski definition) is 0. The van der Waals surface area contributed by atoms with Crippen LogP contribution < -0.4 is 0 Å². The minimum atomic E-state index is -1.51. The summed E-state index contributed by atoms with van der Waals surface area (Å²) in [7, 11) is -1.51. The van der Waals surface area contributed by atoms with E-state index in [4.69, 9.17) is 9.47 Å². The Morgan fingerprint density at radius 1 is 1.19 bits per heavy atom. The van der Waals surface area contributed by atoms with Gasteiger partial charge in [-0.15, -0.1) is 0 Å². The molecule has 2 atom stereocenters. The Hall–Kier alpha value is -1.13. The van der Waals surface area contributed by atoms with Crippen molar-refractivity contribution in [2.75, 3.05) is 6.61 Å². The fraction of sp³-hybridized carbons (Fsp3) is 0.588. The lowest BCUT2D eigenvalue weighted by Gasteiger charge is -2.36. The molecule has 2 rings (SSSR count). The van der Waals surface area contributed by atoms with Gasteiger partial charge in [-0.05, 0) is 12.1 Å². The fourth-order valence-electron chi connectivity index (χ4n) is 3.40. The molecule has 1 saturated heterocycles. The summed E-state index contributed by atoms with van der Waals surface area (Å²) in [6, 6.07) is 12.8. The summed E-state index contributed by atoms with van der Waals surface area (Å²) >= 11 is 0. The van der Waals surface area contributed by atoms with E-state index in [1.54, 1.807) is 12.1 Å². The first kappa shape index (κ1) is 16.2. The number of carbonyl (C=O) groups excluding carboxylic acids is 1. The predicted molar refractivity (Wildman–Crippen MR) is 87.2 cm³/mol. The van der Waals surface area contributed by atoms with E-state index >= 15 is 0 Å². The van der Waals surface area contributed by atoms with E-state index < -0.39 is 8.07 Å². The van der Waals surface area contributed by atoms with Crippen LogP contribution in [0.1, 0.15) is 37.6 Å². The molecule has 21 heavy (non-hydrogen) atoms. The molecule has 0 spiro atoms. The van der Waals surface area contributed by atoms with Gasteiger partial charge in [0, 0.05) is 6.42 Å². The fourth-order valence-corrected chi connectivity index (χ4v) is 7.60. The SMILES string of the molecule is CC[Si](CC)(CC)[C@H]1OCC[C@@H]1OC(=O)c1ccccc1. The largest absolute Gasteiger partial charge is 0.456 e. The van der Waals surface area contributed by atoms with Crippen LogP contribution in [0.25, 0.3) is 0 Å². The maximum absolute atomic E-state index is 12.3. The lowest BCUT2D eigenvalue weighted by atomic mass is 10.2. The van der Waals surface area contributed by atoms with E-state index in [1.165, 1.54) is 18.1 Å². The summed E-state index contributed by atoms with van der Waals surface area (Å²) in [5, 5.41) is 0. The molecule has 1 aromatic carbocycles. The van der Waals surface area contributed by atoms with Gasteiger partial charge in [-0.2, -0.15) is 0 Å². The lowest BCUT2D eigenvalue weighted by Crippen LogP contribution is -2.51. The van der Waals surface area contributed by atoms with Gasteiger partial charge in [-0.3, -0.25) is 0 Å². The highest BCUT2D eigenvalue weighted by molar-refractivity contribution is 6.81. The third-order valence-electron chi connectivity index (χ3n) is 5.02. The second-order valence-electron chi connectivity index (χ2n) is 5.81. The molecule has 1 heterocycles. The maximum atomic E-state index is 12.3. The number of ether oxygens (including phenoxy) is 2. The van der Waals surface area contributed by atoms with Crippen molar-refractivity contribution in [3.63, 3.8) is 0 Å². The van der Waals surface area contributed by atoms with Gasteiger partial charge in [-0.1, -0.05) is 57.1 Å². The van der Waals surface area contributed by atoms with E-state index in [-0.39, 0.29) is 17.8 Å². The molecule has 0 bridgehead atoms. The van der Waals surface area contributed by atoms with E-state index in [9.17, 15) is 4.79 Å². The van der Waals surface area contributed by atoms with Crippen molar-refractivity contribution in [3.05, 3.63) is 35.9 Å². The maximum Gasteiger partial charge on any atom is 0.338 e. The van der Waals surface area contributed by atoms with Crippen LogP contribution in [0.4, 0.5) is 0 Å². The third kappa shape index (κ3) is 3.38. The van der Waals surface area contributed by atoms with E-state index in [1.807, 2.05) is 18.2 Å². The van der Waals surface area contributed by atoms with Crippen LogP contribution in [0, 0.1) is 0 Å². The van der Waals surface area contributed by atoms with Crippen LogP contribution in [0.3, 0.4) is 0 Å². The Labute approximate surface area is 128 Å². The van der Waals surface area contributed by atoms with Gasteiger partial charge in [0.2, 0.25) is 0 Å². The highest BCUT2D eigenvalue weighted by atomic mass is 28.3. The molecule has 4 heteroatoms. The van der Waals surface area contributed by atoms with Gasteiger partial charge in [-0.25, -0.2) is 4.79 Å². The van der Waals surface area contributed by atoms with Crippen LogP contribution >= 0.6 is 0 Å². The minimum Gasteiger partial charge on any atom is -0.456 e. The van der Waals surface area contributed by atoms with Gasteiger partial charge in [0.05, 0.1) is 26.0 Å². The number of rotatable bonds is 6. The van der Waals surface area contributed by atoms with Crippen molar-refractivity contribution >= 4 is 14.0 Å². The first-order valence-electron chi connectivity index (χ1n) is 8.04. The minimum absolute atomic E-state index is 0.0655. The zero-order chi connectivity index (χ0) is 15.3. The zero-order valence-electron chi connectivity index (χ0n) is 13.3. The van der Waals surface area contributed by atoms with Gasteiger partial charge in [0.1, 0.15) is 6.10 Å². The zero-order valence-corrected chi connectivity index (χ0v) is 14.3. The van der Waals surface area contributed by atoms with E-state index in [0.29, 0.717) is 12.2 Å². The number of esters is 1. The monoisotopic (exact) mass is 306 g/mol. The topological polar surface area (TPSA) is 35.5 Å². The van der Waals surface area contributed by atoms with Gasteiger partial charge in [0.25, 0.3) is 0 Å². The van der Waals surface area contributed by atoms with Crippen molar-refractivity contribution in [2.24, 2.45) is 0 Å². The summed E-state index contributed by atoms with van der Waals surface area (Å²) in [6.45, 7) is 7.50. The van der Waals surface area contributed by atoms with Crippen LogP contribution in [-0.4, -0.2) is 32.5 Å². The molecule has 1 fully saturated rings. The number of hydrogen-bond acceptors (Lipinski definition) is 3. The number of benzene rings is 1. The molecule has 0 radical (unpaired) electrons.